The van der Waals surface area contributed by atoms with Gasteiger partial charge in [-0.1, -0.05) is 9.69 Å². The molecule has 1 aromatic carbocycles. The van der Waals surface area contributed by atoms with E-state index in [0.717, 1.165) is 37.9 Å². The van der Waals surface area contributed by atoms with Crippen LogP contribution in [0.1, 0.15) is 55.5 Å². The molecular weight excluding hydrogens is 430 g/mol. The molecule has 5 rings (SSSR count). The first-order valence-corrected chi connectivity index (χ1v) is 11.7. The Morgan fingerprint density at radius 1 is 1.24 bits per heavy atom. The van der Waals surface area contributed by atoms with Gasteiger partial charge in [-0.2, -0.15) is 5.26 Å². The summed E-state index contributed by atoms with van der Waals surface area (Å²) in [5.41, 5.74) is 2.72. The molecule has 1 spiro atoms. The van der Waals surface area contributed by atoms with Gasteiger partial charge in [0.1, 0.15) is 23.4 Å². The number of carbonyl (C=O) groups excluding carboxylic acids is 2. The van der Waals surface area contributed by atoms with E-state index in [9.17, 15) is 14.9 Å². The highest BCUT2D eigenvalue weighted by Gasteiger charge is 2.57. The molecule has 1 aliphatic carbocycles. The van der Waals surface area contributed by atoms with E-state index in [4.69, 9.17) is 9.84 Å². The zero-order valence-electron chi connectivity index (χ0n) is 19.7. The number of quaternary nitrogens is 1. The van der Waals surface area contributed by atoms with Gasteiger partial charge < -0.3 is 10.1 Å². The maximum Gasteiger partial charge on any atom is 0.379 e. The van der Waals surface area contributed by atoms with Gasteiger partial charge in [0.15, 0.2) is 0 Å². The van der Waals surface area contributed by atoms with Crippen molar-refractivity contribution in [3.8, 4) is 11.8 Å². The highest BCUT2D eigenvalue weighted by atomic mass is 16.5. The number of nitrogens with zero attached hydrogens (tertiary/aromatic N) is 4. The first-order chi connectivity index (χ1) is 16.3. The molecule has 2 aliphatic heterocycles. The maximum absolute atomic E-state index is 14.0. The number of fused-ring (bicyclic) bond motifs is 1. The molecule has 0 saturated carbocycles. The first kappa shape index (κ1) is 22.4. The number of carbonyl (C=O) groups is 2. The van der Waals surface area contributed by atoms with Crippen LogP contribution in [0.4, 0.5) is 0 Å². The van der Waals surface area contributed by atoms with Gasteiger partial charge in [0.05, 0.1) is 24.4 Å². The van der Waals surface area contributed by atoms with Crippen LogP contribution in [0.5, 0.6) is 5.75 Å². The topological polar surface area (TPSA) is 104 Å². The molecule has 174 valence electrons. The number of aromatic nitrogens is 1. The Hall–Kier alpha value is -3.41. The number of pyridine rings is 1. The van der Waals surface area contributed by atoms with E-state index in [1.807, 2.05) is 13.8 Å². The smallest absolute Gasteiger partial charge is 0.379 e. The Labute approximate surface area is 198 Å². The van der Waals surface area contributed by atoms with E-state index in [0.29, 0.717) is 39.9 Å². The van der Waals surface area contributed by atoms with Crippen molar-refractivity contribution in [1.82, 2.24) is 10.3 Å². The number of Topliss-reactive ketones (excluding diaryl/α,β-unsaturated/α-hetero) is 1. The Bertz CT molecular complexity index is 1310. The number of methoxy groups -OCH3 is 1. The number of ether oxygens (including phenoxy) is 1. The zero-order chi connectivity index (χ0) is 24.1. The number of piperidine rings is 1. The van der Waals surface area contributed by atoms with Gasteiger partial charge in [-0.05, 0) is 69.8 Å². The van der Waals surface area contributed by atoms with Crippen molar-refractivity contribution < 1.29 is 18.9 Å². The van der Waals surface area contributed by atoms with Crippen LogP contribution >= 0.6 is 0 Å². The van der Waals surface area contributed by atoms with Crippen LogP contribution in [0.15, 0.2) is 40.8 Å². The second-order valence-electron chi connectivity index (χ2n) is 9.81. The van der Waals surface area contributed by atoms with E-state index in [2.05, 4.69) is 16.4 Å². The number of allylic oxidation sites excluding steroid dienone is 2. The normalized spacial score (nSPS) is 23.4. The lowest BCUT2D eigenvalue weighted by molar-refractivity contribution is -0.833. The molecule has 34 heavy (non-hydrogen) atoms. The van der Waals surface area contributed by atoms with Crippen LogP contribution in [0.25, 0.3) is 10.9 Å². The maximum atomic E-state index is 14.0. The standard InChI is InChI=1S/C26H28N5O3/c1-16(2)31(24-20(15-30-31)11-26(12-22(24)32)4-6-28-7-5-26)25(33)19-8-17-10-23(34-3)18(13-27)9-21(17)29-14-19/h8-10,14-16,28H,4-7,11-12H2,1-3H3/q+1. The van der Waals surface area contributed by atoms with Crippen molar-refractivity contribution >= 4 is 28.8 Å². The van der Waals surface area contributed by atoms with Crippen molar-refractivity contribution in [2.24, 2.45) is 10.5 Å². The molecule has 3 heterocycles. The van der Waals surface area contributed by atoms with Crippen molar-refractivity contribution in [1.29, 1.82) is 5.26 Å². The molecule has 1 amide bonds. The average molecular weight is 459 g/mol. The molecule has 2 aromatic rings. The number of ketones is 1. The summed E-state index contributed by atoms with van der Waals surface area (Å²) in [4.78, 5) is 32.1. The molecule has 0 radical (unpaired) electrons. The lowest BCUT2D eigenvalue weighted by Gasteiger charge is -2.41. The van der Waals surface area contributed by atoms with Crippen LogP contribution in [0.2, 0.25) is 0 Å². The Morgan fingerprint density at radius 3 is 2.68 bits per heavy atom. The monoisotopic (exact) mass is 458 g/mol. The van der Waals surface area contributed by atoms with Crippen molar-refractivity contribution in [2.75, 3.05) is 20.2 Å². The predicted molar refractivity (Wildman–Crippen MR) is 127 cm³/mol. The quantitative estimate of drug-likeness (QED) is 0.707. The zero-order valence-corrected chi connectivity index (χ0v) is 19.7. The van der Waals surface area contributed by atoms with Crippen LogP contribution in [0.3, 0.4) is 0 Å². The summed E-state index contributed by atoms with van der Waals surface area (Å²) in [7, 11) is 1.50. The second-order valence-corrected chi connectivity index (χ2v) is 9.81. The molecule has 8 nitrogen and oxygen atoms in total. The first-order valence-electron chi connectivity index (χ1n) is 11.7. The minimum Gasteiger partial charge on any atom is -0.495 e. The third-order valence-electron chi connectivity index (χ3n) is 7.50. The van der Waals surface area contributed by atoms with Gasteiger partial charge >= 0.3 is 5.91 Å². The third kappa shape index (κ3) is 3.27. The summed E-state index contributed by atoms with van der Waals surface area (Å²) >= 11 is 0. The van der Waals surface area contributed by atoms with Crippen molar-refractivity contribution in [2.45, 2.75) is 45.6 Å². The summed E-state index contributed by atoms with van der Waals surface area (Å²) in [5, 5.41) is 18.1. The lowest BCUT2D eigenvalue weighted by atomic mass is 9.67. The van der Waals surface area contributed by atoms with Crippen LogP contribution in [0, 0.1) is 16.7 Å². The molecule has 1 unspecified atom stereocenters. The molecule has 0 bridgehead atoms. The summed E-state index contributed by atoms with van der Waals surface area (Å²) in [6.45, 7) is 5.67. The lowest BCUT2D eigenvalue weighted by Crippen LogP contribution is -2.54. The number of hydrogen-bond acceptors (Lipinski definition) is 7. The molecule has 1 N–H and O–H groups in total. The van der Waals surface area contributed by atoms with Crippen LogP contribution in [-0.4, -0.2) is 53.7 Å². The van der Waals surface area contributed by atoms with E-state index in [-0.39, 0.29) is 27.7 Å². The van der Waals surface area contributed by atoms with Gasteiger partial charge in [0, 0.05) is 23.6 Å². The van der Waals surface area contributed by atoms with Crippen molar-refractivity contribution in [3.05, 3.63) is 46.8 Å². The van der Waals surface area contributed by atoms with Gasteiger partial charge in [-0.15, -0.1) is 0 Å². The highest BCUT2D eigenvalue weighted by molar-refractivity contribution is 6.06. The molecule has 1 fully saturated rings. The van der Waals surface area contributed by atoms with Crippen molar-refractivity contribution in [3.63, 3.8) is 0 Å². The minimum absolute atomic E-state index is 0.0248. The molecule has 8 heteroatoms. The number of nitriles is 1. The fourth-order valence-electron chi connectivity index (χ4n) is 5.70. The van der Waals surface area contributed by atoms with E-state index in [1.165, 1.54) is 13.3 Å². The highest BCUT2D eigenvalue weighted by Crippen LogP contribution is 2.48. The SMILES string of the molecule is COc1cc2cc(C(=O)[N+]3(C(C)C)N=CC4=C3C(=O)CC3(CCNCC3)C4)cnc2cc1C#N. The van der Waals surface area contributed by atoms with E-state index < -0.39 is 0 Å². The third-order valence-corrected chi connectivity index (χ3v) is 7.50. The van der Waals surface area contributed by atoms with Crippen LogP contribution in [-0.2, 0) is 4.79 Å². The summed E-state index contributed by atoms with van der Waals surface area (Å²) in [5.74, 6) is 0.174. The molecule has 1 aromatic heterocycles. The number of nitrogens with one attached hydrogen (secondary N) is 1. The molecule has 1 saturated heterocycles. The predicted octanol–water partition coefficient (Wildman–Crippen LogP) is 3.47. The van der Waals surface area contributed by atoms with E-state index in [1.54, 1.807) is 24.4 Å². The molecular formula is C26H28N5O3+. The number of hydrogen-bond donors (Lipinski definition) is 1. The minimum atomic E-state index is -0.358. The fraction of sp³-hybridized carbons (Fsp3) is 0.423. The number of rotatable bonds is 3. The van der Waals surface area contributed by atoms with Gasteiger partial charge in [-0.25, -0.2) is 4.79 Å². The van der Waals surface area contributed by atoms with Gasteiger partial charge in [-0.3, -0.25) is 9.78 Å². The number of amides is 1. The Morgan fingerprint density at radius 2 is 2.00 bits per heavy atom. The molecule has 3 aliphatic rings. The Kier molecular flexibility index (Phi) is 5.34. The second kappa shape index (κ2) is 8.12. The van der Waals surface area contributed by atoms with Gasteiger partial charge in [0.25, 0.3) is 0 Å². The Balaban J connectivity index is 1.58. The van der Waals surface area contributed by atoms with E-state index >= 15 is 0 Å². The summed E-state index contributed by atoms with van der Waals surface area (Å²) in [6.07, 6.45) is 6.42. The van der Waals surface area contributed by atoms with Gasteiger partial charge in [0.2, 0.25) is 11.5 Å². The summed E-state index contributed by atoms with van der Waals surface area (Å²) in [6, 6.07) is 6.94. The molecule has 1 atom stereocenters. The average Bonchev–Trinajstić information content (AvgIpc) is 3.23. The van der Waals surface area contributed by atoms with Crippen LogP contribution < -0.4 is 10.1 Å². The number of benzene rings is 1. The fourth-order valence-corrected chi connectivity index (χ4v) is 5.70. The summed E-state index contributed by atoms with van der Waals surface area (Å²) < 4.78 is 4.96. The largest absolute Gasteiger partial charge is 0.495 e.